The maximum atomic E-state index is 12.9. The van der Waals surface area contributed by atoms with Gasteiger partial charge < -0.3 is 29.4 Å². The summed E-state index contributed by atoms with van der Waals surface area (Å²) in [5, 5.41) is 22.4. The van der Waals surface area contributed by atoms with E-state index in [1.807, 2.05) is 0 Å². The molecular formula is C22H19ClNO7-. The minimum atomic E-state index is -1.38. The van der Waals surface area contributed by atoms with Gasteiger partial charge in [0.05, 0.1) is 25.8 Å². The number of aliphatic hydroxyl groups excluding tert-OH is 1. The van der Waals surface area contributed by atoms with Crippen LogP contribution in [0.2, 0.25) is 5.02 Å². The average molecular weight is 445 g/mol. The van der Waals surface area contributed by atoms with Gasteiger partial charge in [0.1, 0.15) is 17.3 Å². The molecule has 1 atom stereocenters. The van der Waals surface area contributed by atoms with Crippen molar-refractivity contribution in [2.75, 3.05) is 20.8 Å². The molecule has 0 unspecified atom stereocenters. The number of aliphatic carboxylic acids is 1. The minimum Gasteiger partial charge on any atom is -0.550 e. The molecule has 1 heterocycles. The van der Waals surface area contributed by atoms with Crippen LogP contribution < -0.4 is 14.6 Å². The number of aliphatic hydroxyl groups is 1. The molecule has 2 aromatic rings. The third kappa shape index (κ3) is 4.34. The molecule has 0 bridgehead atoms. The third-order valence-corrected chi connectivity index (χ3v) is 5.20. The fraction of sp³-hybridized carbons (Fsp3) is 0.227. The summed E-state index contributed by atoms with van der Waals surface area (Å²) in [5.74, 6) is -2.93. The Bertz CT molecular complexity index is 1060. The van der Waals surface area contributed by atoms with Crippen molar-refractivity contribution in [3.63, 3.8) is 0 Å². The van der Waals surface area contributed by atoms with E-state index in [1.54, 1.807) is 18.2 Å². The van der Waals surface area contributed by atoms with Crippen molar-refractivity contribution in [3.8, 4) is 11.5 Å². The molecule has 2 aromatic carbocycles. The first-order valence-electron chi connectivity index (χ1n) is 9.24. The average Bonchev–Trinajstić information content (AvgIpc) is 3.01. The number of rotatable bonds is 7. The molecule has 1 amide bonds. The maximum absolute atomic E-state index is 12.9. The predicted molar refractivity (Wildman–Crippen MR) is 110 cm³/mol. The first kappa shape index (κ1) is 22.2. The number of carboxylic acid groups (broad SMARTS) is 1. The Kier molecular flexibility index (Phi) is 6.50. The highest BCUT2D eigenvalue weighted by molar-refractivity contribution is 6.46. The van der Waals surface area contributed by atoms with Crippen LogP contribution in [0.4, 0.5) is 0 Å². The quantitative estimate of drug-likeness (QED) is 0.394. The van der Waals surface area contributed by atoms with Crippen molar-refractivity contribution in [2.24, 2.45) is 0 Å². The zero-order valence-corrected chi connectivity index (χ0v) is 17.5. The van der Waals surface area contributed by atoms with Crippen LogP contribution >= 0.6 is 11.6 Å². The number of benzene rings is 2. The number of likely N-dealkylation sites (tertiary alicyclic amines) is 1. The van der Waals surface area contributed by atoms with Gasteiger partial charge in [-0.3, -0.25) is 9.59 Å². The summed E-state index contributed by atoms with van der Waals surface area (Å²) in [5.41, 5.74) is 0.432. The molecule has 3 rings (SSSR count). The van der Waals surface area contributed by atoms with Gasteiger partial charge in [-0.05, 0) is 42.5 Å². The number of Topliss-reactive ketones (excluding diaryl/α,β-unsaturated/α-hetero) is 1. The van der Waals surface area contributed by atoms with Gasteiger partial charge in [-0.1, -0.05) is 11.6 Å². The van der Waals surface area contributed by atoms with Crippen LogP contribution in [-0.2, 0) is 14.4 Å². The molecule has 1 aliphatic heterocycles. The standard InChI is InChI=1S/C22H20ClNO7/c1-30-14-7-8-16(31-2)15(11-14)19-18(20(27)12-3-5-13(23)6-4-12)21(28)22(29)24(19)10-9-17(25)26/h3-8,11,19,27H,9-10H2,1-2H3,(H,25,26)/p-1/t19-/m1/s1. The zero-order chi connectivity index (χ0) is 22.7. The lowest BCUT2D eigenvalue weighted by Crippen LogP contribution is -2.34. The van der Waals surface area contributed by atoms with Crippen LogP contribution in [0.5, 0.6) is 11.5 Å². The number of methoxy groups -OCH3 is 2. The highest BCUT2D eigenvalue weighted by atomic mass is 35.5. The van der Waals surface area contributed by atoms with E-state index in [2.05, 4.69) is 0 Å². The summed E-state index contributed by atoms with van der Waals surface area (Å²) < 4.78 is 10.6. The smallest absolute Gasteiger partial charge is 0.295 e. The van der Waals surface area contributed by atoms with Crippen molar-refractivity contribution in [1.82, 2.24) is 4.90 Å². The van der Waals surface area contributed by atoms with Crippen LogP contribution in [0.3, 0.4) is 0 Å². The predicted octanol–water partition coefficient (Wildman–Crippen LogP) is 1.92. The number of hydrogen-bond acceptors (Lipinski definition) is 7. The number of carbonyl (C=O) groups excluding carboxylic acids is 3. The van der Waals surface area contributed by atoms with E-state index >= 15 is 0 Å². The number of nitrogens with zero attached hydrogens (tertiary/aromatic N) is 1. The van der Waals surface area contributed by atoms with E-state index in [4.69, 9.17) is 21.1 Å². The number of hydrogen-bond donors (Lipinski definition) is 1. The number of amides is 1. The van der Waals surface area contributed by atoms with Crippen LogP contribution in [0.25, 0.3) is 5.76 Å². The van der Waals surface area contributed by atoms with Crippen LogP contribution in [-0.4, -0.2) is 48.4 Å². The van der Waals surface area contributed by atoms with Gasteiger partial charge >= 0.3 is 0 Å². The largest absolute Gasteiger partial charge is 0.550 e. The molecule has 8 nitrogen and oxygen atoms in total. The van der Waals surface area contributed by atoms with Gasteiger partial charge in [0.25, 0.3) is 11.7 Å². The molecule has 0 aliphatic carbocycles. The summed E-state index contributed by atoms with van der Waals surface area (Å²) in [4.78, 5) is 37.8. The number of carbonyl (C=O) groups is 3. The molecule has 1 N–H and O–H groups in total. The first-order valence-corrected chi connectivity index (χ1v) is 9.62. The van der Waals surface area contributed by atoms with Crippen molar-refractivity contribution in [2.45, 2.75) is 12.5 Å². The lowest BCUT2D eigenvalue weighted by Gasteiger charge is -2.27. The Morgan fingerprint density at radius 3 is 2.39 bits per heavy atom. The van der Waals surface area contributed by atoms with Gasteiger partial charge in [-0.15, -0.1) is 0 Å². The monoisotopic (exact) mass is 444 g/mol. The van der Waals surface area contributed by atoms with Crippen molar-refractivity contribution in [3.05, 3.63) is 64.2 Å². The number of halogens is 1. The molecule has 1 aliphatic rings. The second kappa shape index (κ2) is 9.09. The molecule has 1 saturated heterocycles. The summed E-state index contributed by atoms with van der Waals surface area (Å²) in [6, 6.07) is 9.77. The molecule has 0 spiro atoms. The maximum Gasteiger partial charge on any atom is 0.295 e. The second-order valence-corrected chi connectivity index (χ2v) is 7.17. The van der Waals surface area contributed by atoms with Gasteiger partial charge in [0.15, 0.2) is 0 Å². The highest BCUT2D eigenvalue weighted by Crippen LogP contribution is 2.43. The first-order chi connectivity index (χ1) is 14.8. The Morgan fingerprint density at radius 1 is 1.13 bits per heavy atom. The lowest BCUT2D eigenvalue weighted by molar-refractivity contribution is -0.305. The molecule has 162 valence electrons. The van der Waals surface area contributed by atoms with Gasteiger partial charge in [0.2, 0.25) is 0 Å². The summed E-state index contributed by atoms with van der Waals surface area (Å²) in [6.45, 7) is -0.296. The zero-order valence-electron chi connectivity index (χ0n) is 16.8. The van der Waals surface area contributed by atoms with E-state index in [0.29, 0.717) is 22.1 Å². The minimum absolute atomic E-state index is 0.197. The van der Waals surface area contributed by atoms with E-state index in [9.17, 15) is 24.6 Å². The number of ketones is 1. The van der Waals surface area contributed by atoms with Crippen molar-refractivity contribution >= 4 is 35.0 Å². The Morgan fingerprint density at radius 2 is 1.81 bits per heavy atom. The van der Waals surface area contributed by atoms with E-state index in [0.717, 1.165) is 4.90 Å². The van der Waals surface area contributed by atoms with Crippen molar-refractivity contribution < 1.29 is 34.1 Å². The van der Waals surface area contributed by atoms with E-state index < -0.39 is 35.9 Å². The van der Waals surface area contributed by atoms with E-state index in [1.165, 1.54) is 38.5 Å². The fourth-order valence-corrected chi connectivity index (χ4v) is 3.59. The highest BCUT2D eigenvalue weighted by Gasteiger charge is 2.47. The molecule has 0 saturated carbocycles. The molecule has 9 heteroatoms. The molecular weight excluding hydrogens is 426 g/mol. The number of ether oxygens (including phenoxy) is 2. The van der Waals surface area contributed by atoms with Crippen LogP contribution in [0.1, 0.15) is 23.6 Å². The Balaban J connectivity index is 2.24. The summed E-state index contributed by atoms with van der Waals surface area (Å²) in [6.07, 6.45) is -0.489. The van der Waals surface area contributed by atoms with Crippen molar-refractivity contribution in [1.29, 1.82) is 0 Å². The summed E-state index contributed by atoms with van der Waals surface area (Å²) in [7, 11) is 2.87. The summed E-state index contributed by atoms with van der Waals surface area (Å²) >= 11 is 5.90. The normalized spacial score (nSPS) is 17.6. The molecule has 1 fully saturated rings. The Labute approximate surface area is 183 Å². The fourth-order valence-electron chi connectivity index (χ4n) is 3.46. The van der Waals surface area contributed by atoms with Crippen LogP contribution in [0, 0.1) is 0 Å². The van der Waals surface area contributed by atoms with Crippen LogP contribution in [0.15, 0.2) is 48.0 Å². The third-order valence-electron chi connectivity index (χ3n) is 4.95. The van der Waals surface area contributed by atoms with E-state index in [-0.39, 0.29) is 17.7 Å². The Hall–Kier alpha value is -3.52. The van der Waals surface area contributed by atoms with Gasteiger partial charge in [-0.2, -0.15) is 0 Å². The molecule has 0 aromatic heterocycles. The topological polar surface area (TPSA) is 116 Å². The van der Waals surface area contributed by atoms with Gasteiger partial charge in [-0.25, -0.2) is 0 Å². The molecule has 31 heavy (non-hydrogen) atoms. The van der Waals surface area contributed by atoms with Gasteiger partial charge in [0, 0.05) is 35.1 Å². The molecule has 0 radical (unpaired) electrons. The lowest BCUT2D eigenvalue weighted by atomic mass is 9.94. The SMILES string of the molecule is COc1ccc(OC)c([C@@H]2C(=C(O)c3ccc(Cl)cc3)C(=O)C(=O)N2CCC(=O)[O-])c1. The number of carboxylic acids is 1. The second-order valence-electron chi connectivity index (χ2n) is 6.73.